The fourth-order valence-electron chi connectivity index (χ4n) is 3.31. The Labute approximate surface area is 179 Å². The van der Waals surface area contributed by atoms with Crippen molar-refractivity contribution in [3.8, 4) is 12.3 Å². The molecule has 2 aromatic carbocycles. The summed E-state index contributed by atoms with van der Waals surface area (Å²) in [4.78, 5) is 14.7. The van der Waals surface area contributed by atoms with E-state index >= 15 is 0 Å². The number of carbonyl (C=O) groups excluding carboxylic acids is 1. The fourth-order valence-corrected chi connectivity index (χ4v) is 4.29. The molecule has 0 saturated heterocycles. The summed E-state index contributed by atoms with van der Waals surface area (Å²) in [6.45, 7) is 1.47. The number of sulfonamides is 1. The summed E-state index contributed by atoms with van der Waals surface area (Å²) < 4.78 is 66.2. The first kappa shape index (κ1) is 22.8. The first-order chi connectivity index (χ1) is 14.5. The highest BCUT2D eigenvalue weighted by molar-refractivity contribution is 7.89. The van der Waals surface area contributed by atoms with Gasteiger partial charge in [0.05, 0.1) is 23.0 Å². The normalized spacial score (nSPS) is 15.2. The molecule has 5 nitrogen and oxygen atoms in total. The number of halogens is 3. The van der Waals surface area contributed by atoms with E-state index in [4.69, 9.17) is 6.42 Å². The molecule has 0 bridgehead atoms. The molecule has 1 N–H and O–H groups in total. The minimum atomic E-state index is -4.49. The smallest absolute Gasteiger partial charge is 0.329 e. The number of nitrogens with zero attached hydrogens (tertiary/aromatic N) is 1. The third kappa shape index (κ3) is 5.27. The Morgan fingerprint density at radius 2 is 1.90 bits per heavy atom. The number of carbonyl (C=O) groups is 1. The van der Waals surface area contributed by atoms with Gasteiger partial charge >= 0.3 is 6.18 Å². The van der Waals surface area contributed by atoms with E-state index in [2.05, 4.69) is 10.6 Å². The number of terminal acetylenes is 1. The second kappa shape index (κ2) is 8.73. The average molecular weight is 450 g/mol. The van der Waals surface area contributed by atoms with Crippen molar-refractivity contribution in [3.63, 3.8) is 0 Å². The van der Waals surface area contributed by atoms with Gasteiger partial charge in [-0.25, -0.2) is 8.42 Å². The predicted octanol–water partition coefficient (Wildman–Crippen LogP) is 3.98. The van der Waals surface area contributed by atoms with E-state index in [0.717, 1.165) is 25.0 Å². The molecule has 1 fully saturated rings. The van der Waals surface area contributed by atoms with E-state index in [1.54, 1.807) is 13.0 Å². The van der Waals surface area contributed by atoms with Crippen molar-refractivity contribution < 1.29 is 26.4 Å². The molecule has 2 aromatic rings. The van der Waals surface area contributed by atoms with Gasteiger partial charge in [0.1, 0.15) is 0 Å². The lowest BCUT2D eigenvalue weighted by Crippen LogP contribution is -2.36. The number of amides is 1. The van der Waals surface area contributed by atoms with Gasteiger partial charge in [-0.05, 0) is 55.7 Å². The van der Waals surface area contributed by atoms with E-state index in [-0.39, 0.29) is 23.0 Å². The van der Waals surface area contributed by atoms with Crippen LogP contribution < -0.4 is 4.72 Å². The van der Waals surface area contributed by atoms with Crippen LogP contribution in [0.1, 0.15) is 47.3 Å². The van der Waals surface area contributed by atoms with Crippen LogP contribution in [0.5, 0.6) is 0 Å². The summed E-state index contributed by atoms with van der Waals surface area (Å²) in [5.74, 6) is 1.73. The van der Waals surface area contributed by atoms with Gasteiger partial charge in [0.2, 0.25) is 10.0 Å². The zero-order chi connectivity index (χ0) is 22.8. The second-order valence-electron chi connectivity index (χ2n) is 7.30. The number of rotatable bonds is 7. The molecule has 1 aliphatic rings. The molecule has 31 heavy (non-hydrogen) atoms. The zero-order valence-corrected chi connectivity index (χ0v) is 17.5. The van der Waals surface area contributed by atoms with Crippen molar-refractivity contribution in [2.45, 2.75) is 42.9 Å². The summed E-state index contributed by atoms with van der Waals surface area (Å²) in [6.07, 6.45) is 2.07. The predicted molar refractivity (Wildman–Crippen MR) is 110 cm³/mol. The highest BCUT2D eigenvalue weighted by Gasteiger charge is 2.38. The van der Waals surface area contributed by atoms with Gasteiger partial charge in [0.25, 0.3) is 5.91 Å². The molecule has 0 radical (unpaired) electrons. The van der Waals surface area contributed by atoms with Crippen molar-refractivity contribution in [1.82, 2.24) is 9.62 Å². The van der Waals surface area contributed by atoms with Gasteiger partial charge in [-0.15, -0.1) is 6.42 Å². The van der Waals surface area contributed by atoms with Gasteiger partial charge in [-0.3, -0.25) is 4.79 Å². The Balaban J connectivity index is 1.92. The number of hydrogen-bond acceptors (Lipinski definition) is 3. The summed E-state index contributed by atoms with van der Waals surface area (Å²) in [6, 6.07) is 9.66. The molecule has 9 heteroatoms. The van der Waals surface area contributed by atoms with Gasteiger partial charge in [0, 0.05) is 11.6 Å². The first-order valence-electron chi connectivity index (χ1n) is 9.57. The maximum atomic E-state index is 13.3. The van der Waals surface area contributed by atoms with E-state index in [0.29, 0.717) is 5.56 Å². The number of nitrogens with one attached hydrogen (secondary N) is 1. The van der Waals surface area contributed by atoms with E-state index in [1.165, 1.54) is 35.2 Å². The van der Waals surface area contributed by atoms with Crippen molar-refractivity contribution in [1.29, 1.82) is 0 Å². The van der Waals surface area contributed by atoms with Gasteiger partial charge in [-0.1, -0.05) is 24.1 Å². The molecular weight excluding hydrogens is 429 g/mol. The summed E-state index contributed by atoms with van der Waals surface area (Å²) >= 11 is 0. The molecule has 1 saturated carbocycles. The molecule has 0 aliphatic heterocycles. The molecule has 1 aliphatic carbocycles. The van der Waals surface area contributed by atoms with E-state index in [9.17, 15) is 26.4 Å². The zero-order valence-electron chi connectivity index (χ0n) is 16.7. The summed E-state index contributed by atoms with van der Waals surface area (Å²) in [5.41, 5.74) is -0.295. The Kier molecular flexibility index (Phi) is 6.43. The molecule has 0 aromatic heterocycles. The lowest BCUT2D eigenvalue weighted by Gasteiger charge is -2.30. The molecule has 3 rings (SSSR count). The Morgan fingerprint density at radius 1 is 1.23 bits per heavy atom. The van der Waals surface area contributed by atoms with Crippen LogP contribution in [0.25, 0.3) is 0 Å². The highest BCUT2D eigenvalue weighted by Crippen LogP contribution is 2.37. The molecular formula is C22H21F3N2O3S. The number of hydrogen-bond donors (Lipinski definition) is 1. The molecule has 1 amide bonds. The monoisotopic (exact) mass is 450 g/mol. The van der Waals surface area contributed by atoms with Crippen LogP contribution in [0.4, 0.5) is 13.2 Å². The topological polar surface area (TPSA) is 66.5 Å². The largest absolute Gasteiger partial charge is 0.416 e. The van der Waals surface area contributed by atoms with Gasteiger partial charge < -0.3 is 4.90 Å². The fraction of sp³-hybridized carbons (Fsp3) is 0.318. The maximum Gasteiger partial charge on any atom is 0.416 e. The SMILES string of the molecule is C#CCNS(=O)(=O)c1cccc(C(=O)N(C2CC2)C(C)c2cccc(C(F)(F)F)c2)c1. The lowest BCUT2D eigenvalue weighted by atomic mass is 10.0. The van der Waals surface area contributed by atoms with Crippen molar-refractivity contribution >= 4 is 15.9 Å². The van der Waals surface area contributed by atoms with Gasteiger partial charge in [0.15, 0.2) is 0 Å². The Morgan fingerprint density at radius 3 is 2.52 bits per heavy atom. The van der Waals surface area contributed by atoms with Crippen LogP contribution >= 0.6 is 0 Å². The van der Waals surface area contributed by atoms with Crippen LogP contribution in [0.15, 0.2) is 53.4 Å². The molecule has 164 valence electrons. The molecule has 1 atom stereocenters. The van der Waals surface area contributed by atoms with Crippen molar-refractivity contribution in [3.05, 3.63) is 65.2 Å². The van der Waals surface area contributed by atoms with Crippen molar-refractivity contribution in [2.75, 3.05) is 6.54 Å². The van der Waals surface area contributed by atoms with Crippen molar-refractivity contribution in [2.24, 2.45) is 0 Å². The molecule has 0 heterocycles. The maximum absolute atomic E-state index is 13.3. The van der Waals surface area contributed by atoms with Crippen LogP contribution in [-0.4, -0.2) is 31.8 Å². The van der Waals surface area contributed by atoms with Gasteiger partial charge in [-0.2, -0.15) is 17.9 Å². The van der Waals surface area contributed by atoms with Crippen LogP contribution in [0.3, 0.4) is 0 Å². The quantitative estimate of drug-likeness (QED) is 0.649. The van der Waals surface area contributed by atoms with Crippen LogP contribution in [-0.2, 0) is 16.2 Å². The third-order valence-corrected chi connectivity index (χ3v) is 6.44. The van der Waals surface area contributed by atoms with Crippen LogP contribution in [0, 0.1) is 12.3 Å². The van der Waals surface area contributed by atoms with E-state index in [1.807, 2.05) is 0 Å². The lowest BCUT2D eigenvalue weighted by molar-refractivity contribution is -0.137. The van der Waals surface area contributed by atoms with Crippen LogP contribution in [0.2, 0.25) is 0 Å². The number of benzene rings is 2. The average Bonchev–Trinajstić information content (AvgIpc) is 3.57. The minimum absolute atomic E-state index is 0.114. The second-order valence-corrected chi connectivity index (χ2v) is 9.07. The molecule has 0 spiro atoms. The Hall–Kier alpha value is -2.83. The Bertz CT molecular complexity index is 1120. The third-order valence-electron chi connectivity index (χ3n) is 5.04. The first-order valence-corrected chi connectivity index (χ1v) is 11.1. The highest BCUT2D eigenvalue weighted by atomic mass is 32.2. The summed E-state index contributed by atoms with van der Waals surface area (Å²) in [7, 11) is -3.89. The molecule has 1 unspecified atom stereocenters. The summed E-state index contributed by atoms with van der Waals surface area (Å²) in [5, 5.41) is 0. The standard InChI is InChI=1S/C22H21F3N2O3S/c1-3-12-26-31(29,30)20-9-5-7-17(14-20)21(28)27(19-10-11-19)15(2)16-6-4-8-18(13-16)22(23,24)25/h1,4-9,13-15,19,26H,10-12H2,2H3. The minimum Gasteiger partial charge on any atom is -0.329 e. The number of alkyl halides is 3. The van der Waals surface area contributed by atoms with E-state index < -0.39 is 33.7 Å².